The quantitative estimate of drug-likeness (QED) is 0.703. The molecule has 2 aromatic carbocycles. The number of hydrogen-bond acceptors (Lipinski definition) is 1. The summed E-state index contributed by atoms with van der Waals surface area (Å²) in [6, 6.07) is 12.2. The van der Waals surface area contributed by atoms with Gasteiger partial charge in [-0.05, 0) is 47.0 Å². The Morgan fingerprint density at radius 2 is 1.83 bits per heavy atom. The van der Waals surface area contributed by atoms with Gasteiger partial charge >= 0.3 is 0 Å². The molecule has 2 aromatic rings. The summed E-state index contributed by atoms with van der Waals surface area (Å²) in [6.45, 7) is 0.813. The predicted octanol–water partition coefficient (Wildman–Crippen LogP) is 5.20. The van der Waals surface area contributed by atoms with Gasteiger partial charge in [0, 0.05) is 21.7 Å². The third-order valence-corrected chi connectivity index (χ3v) is 3.76. The van der Waals surface area contributed by atoms with E-state index in [4.69, 9.17) is 11.6 Å². The number of rotatable bonds is 0. The molecule has 18 heavy (non-hydrogen) atoms. The SMILES string of the molecule is Clc1ccc2c(c1)/C=C\c1ccc(Br)cc1CN2. The van der Waals surface area contributed by atoms with Crippen molar-refractivity contribution in [3.8, 4) is 0 Å². The fraction of sp³-hybridized carbons (Fsp3) is 0.0667. The van der Waals surface area contributed by atoms with Crippen molar-refractivity contribution in [1.82, 2.24) is 0 Å². The molecule has 1 aliphatic rings. The van der Waals surface area contributed by atoms with Gasteiger partial charge < -0.3 is 5.32 Å². The molecule has 0 saturated carbocycles. The molecule has 1 aliphatic heterocycles. The van der Waals surface area contributed by atoms with Crippen molar-refractivity contribution in [1.29, 1.82) is 0 Å². The summed E-state index contributed by atoms with van der Waals surface area (Å²) in [6.07, 6.45) is 4.23. The molecule has 0 bridgehead atoms. The van der Waals surface area contributed by atoms with Crippen molar-refractivity contribution in [2.45, 2.75) is 6.54 Å². The lowest BCUT2D eigenvalue weighted by molar-refractivity contribution is 1.13. The largest absolute Gasteiger partial charge is 0.380 e. The highest BCUT2D eigenvalue weighted by Crippen LogP contribution is 2.27. The third kappa shape index (κ3) is 2.31. The van der Waals surface area contributed by atoms with E-state index in [1.807, 2.05) is 18.2 Å². The lowest BCUT2D eigenvalue weighted by Gasteiger charge is -2.15. The topological polar surface area (TPSA) is 12.0 Å². The Hall–Kier alpha value is -1.25. The lowest BCUT2D eigenvalue weighted by Crippen LogP contribution is -2.04. The molecule has 0 spiro atoms. The van der Waals surface area contributed by atoms with E-state index < -0.39 is 0 Å². The van der Waals surface area contributed by atoms with Crippen molar-refractivity contribution in [2.24, 2.45) is 0 Å². The van der Waals surface area contributed by atoms with E-state index in [-0.39, 0.29) is 0 Å². The summed E-state index contributed by atoms with van der Waals surface area (Å²) >= 11 is 9.53. The fourth-order valence-corrected chi connectivity index (χ4v) is 2.68. The van der Waals surface area contributed by atoms with Crippen LogP contribution in [0.3, 0.4) is 0 Å². The Kier molecular flexibility index (Phi) is 3.14. The average Bonchev–Trinajstić information content (AvgIpc) is 2.34. The zero-order valence-corrected chi connectivity index (χ0v) is 11.9. The number of anilines is 1. The minimum Gasteiger partial charge on any atom is -0.380 e. The standard InChI is InChI=1S/C15H11BrClN/c16-13-4-3-10-1-2-11-8-14(17)5-6-15(11)18-9-12(10)7-13/h1-8,18H,9H2/b2-1-. The highest BCUT2D eigenvalue weighted by molar-refractivity contribution is 9.10. The zero-order valence-electron chi connectivity index (χ0n) is 9.58. The van der Waals surface area contributed by atoms with Gasteiger partial charge in [0.1, 0.15) is 0 Å². The number of hydrogen-bond donors (Lipinski definition) is 1. The molecule has 1 N–H and O–H groups in total. The van der Waals surface area contributed by atoms with Gasteiger partial charge in [0.2, 0.25) is 0 Å². The lowest BCUT2D eigenvalue weighted by atomic mass is 10.0. The molecule has 0 fully saturated rings. The van der Waals surface area contributed by atoms with Crippen molar-refractivity contribution in [3.05, 3.63) is 62.6 Å². The molecule has 3 rings (SSSR count). The molecule has 0 saturated heterocycles. The minimum absolute atomic E-state index is 0.761. The Balaban J connectivity index is 2.09. The maximum Gasteiger partial charge on any atom is 0.0417 e. The molecular formula is C15H11BrClN. The first-order chi connectivity index (χ1) is 8.72. The molecule has 0 unspecified atom stereocenters. The summed E-state index contributed by atoms with van der Waals surface area (Å²) in [7, 11) is 0. The first kappa shape index (κ1) is 11.8. The van der Waals surface area contributed by atoms with Gasteiger partial charge in [0.25, 0.3) is 0 Å². The smallest absolute Gasteiger partial charge is 0.0417 e. The molecule has 1 heterocycles. The third-order valence-electron chi connectivity index (χ3n) is 3.03. The van der Waals surface area contributed by atoms with Crippen LogP contribution in [0.25, 0.3) is 12.2 Å². The van der Waals surface area contributed by atoms with Crippen LogP contribution in [-0.4, -0.2) is 0 Å². The van der Waals surface area contributed by atoms with E-state index in [1.165, 1.54) is 11.1 Å². The Morgan fingerprint density at radius 3 is 2.72 bits per heavy atom. The van der Waals surface area contributed by atoms with Crippen molar-refractivity contribution >= 4 is 45.4 Å². The van der Waals surface area contributed by atoms with Crippen LogP contribution in [0, 0.1) is 0 Å². The van der Waals surface area contributed by atoms with Crippen molar-refractivity contribution < 1.29 is 0 Å². The minimum atomic E-state index is 0.761. The second kappa shape index (κ2) is 4.79. The van der Waals surface area contributed by atoms with Crippen LogP contribution in [0.5, 0.6) is 0 Å². The number of fused-ring (bicyclic) bond motifs is 2. The van der Waals surface area contributed by atoms with Crippen LogP contribution in [0.2, 0.25) is 5.02 Å². The summed E-state index contributed by atoms with van der Waals surface area (Å²) in [5.41, 5.74) is 4.75. The second-order valence-electron chi connectivity index (χ2n) is 4.26. The summed E-state index contributed by atoms with van der Waals surface area (Å²) in [5, 5.41) is 4.21. The first-order valence-electron chi connectivity index (χ1n) is 5.72. The van der Waals surface area contributed by atoms with E-state index in [2.05, 4.69) is 51.6 Å². The van der Waals surface area contributed by atoms with Crippen LogP contribution in [0.4, 0.5) is 5.69 Å². The van der Waals surface area contributed by atoms with Gasteiger partial charge in [-0.3, -0.25) is 0 Å². The average molecular weight is 321 g/mol. The molecule has 0 amide bonds. The summed E-state index contributed by atoms with van der Waals surface area (Å²) in [5.74, 6) is 0. The van der Waals surface area contributed by atoms with Crippen LogP contribution in [0.15, 0.2) is 40.9 Å². The molecule has 90 valence electrons. The predicted molar refractivity (Wildman–Crippen MR) is 81.8 cm³/mol. The van der Waals surface area contributed by atoms with Crippen molar-refractivity contribution in [2.75, 3.05) is 5.32 Å². The van der Waals surface area contributed by atoms with Crippen LogP contribution >= 0.6 is 27.5 Å². The highest BCUT2D eigenvalue weighted by atomic mass is 79.9. The highest BCUT2D eigenvalue weighted by Gasteiger charge is 2.07. The maximum absolute atomic E-state index is 6.02. The summed E-state index contributed by atoms with van der Waals surface area (Å²) < 4.78 is 1.10. The molecule has 1 nitrogen and oxygen atoms in total. The van der Waals surface area contributed by atoms with Crippen LogP contribution in [0.1, 0.15) is 16.7 Å². The maximum atomic E-state index is 6.02. The van der Waals surface area contributed by atoms with Gasteiger partial charge in [-0.25, -0.2) is 0 Å². The zero-order chi connectivity index (χ0) is 12.5. The number of halogens is 2. The molecule has 0 aromatic heterocycles. The normalized spacial score (nSPS) is 14.8. The van der Waals surface area contributed by atoms with E-state index in [1.54, 1.807) is 0 Å². The van der Waals surface area contributed by atoms with E-state index >= 15 is 0 Å². The van der Waals surface area contributed by atoms with Gasteiger partial charge in [-0.2, -0.15) is 0 Å². The molecule has 0 radical (unpaired) electrons. The van der Waals surface area contributed by atoms with E-state index in [9.17, 15) is 0 Å². The molecule has 0 aliphatic carbocycles. The van der Waals surface area contributed by atoms with Gasteiger partial charge in [-0.15, -0.1) is 0 Å². The molecule has 3 heteroatoms. The van der Waals surface area contributed by atoms with Crippen LogP contribution < -0.4 is 5.32 Å². The van der Waals surface area contributed by atoms with Gasteiger partial charge in [0.05, 0.1) is 0 Å². The van der Waals surface area contributed by atoms with Gasteiger partial charge in [0.15, 0.2) is 0 Å². The first-order valence-corrected chi connectivity index (χ1v) is 6.89. The Labute approximate surface area is 120 Å². The Morgan fingerprint density at radius 1 is 1.00 bits per heavy atom. The molecule has 0 atom stereocenters. The molecular weight excluding hydrogens is 310 g/mol. The summed E-state index contributed by atoms with van der Waals surface area (Å²) in [4.78, 5) is 0. The van der Waals surface area contributed by atoms with Crippen LogP contribution in [-0.2, 0) is 6.54 Å². The Bertz CT molecular complexity index is 634. The number of nitrogens with one attached hydrogen (secondary N) is 1. The van der Waals surface area contributed by atoms with Crippen molar-refractivity contribution in [3.63, 3.8) is 0 Å². The van der Waals surface area contributed by atoms with E-state index in [0.717, 1.165) is 27.3 Å². The fourth-order valence-electron chi connectivity index (χ4n) is 2.09. The second-order valence-corrected chi connectivity index (χ2v) is 5.61. The van der Waals surface area contributed by atoms with Gasteiger partial charge in [-0.1, -0.05) is 45.7 Å². The van der Waals surface area contributed by atoms with E-state index in [0.29, 0.717) is 0 Å². The monoisotopic (exact) mass is 319 g/mol. The number of benzene rings is 2.